The zero-order chi connectivity index (χ0) is 24.4. The van der Waals surface area contributed by atoms with Crippen LogP contribution >= 0.6 is 11.3 Å². The molecule has 0 aliphatic heterocycles. The van der Waals surface area contributed by atoms with Crippen molar-refractivity contribution >= 4 is 39.2 Å². The smallest absolute Gasteiger partial charge is 0.266 e. The molecule has 6 nitrogen and oxygen atoms in total. The third-order valence-electron chi connectivity index (χ3n) is 6.27. The second kappa shape index (κ2) is 9.50. The highest BCUT2D eigenvalue weighted by atomic mass is 32.1. The number of ether oxygens (including phenoxy) is 1. The molecule has 35 heavy (non-hydrogen) atoms. The Morgan fingerprint density at radius 1 is 1.14 bits per heavy atom. The second-order valence-electron chi connectivity index (χ2n) is 8.34. The lowest BCUT2D eigenvalue weighted by Crippen LogP contribution is -2.13. The number of methoxy groups -OCH3 is 1. The van der Waals surface area contributed by atoms with Crippen LogP contribution < -0.4 is 10.1 Å². The van der Waals surface area contributed by atoms with Crippen LogP contribution in [0.15, 0.2) is 54.1 Å². The van der Waals surface area contributed by atoms with E-state index in [4.69, 9.17) is 4.74 Å². The maximum atomic E-state index is 13.2. The normalized spacial score (nSPS) is 13.1. The van der Waals surface area contributed by atoms with Crippen LogP contribution in [0.25, 0.3) is 28.2 Å². The molecule has 2 aromatic heterocycles. The number of amides is 1. The van der Waals surface area contributed by atoms with Crippen LogP contribution in [0, 0.1) is 22.7 Å². The molecule has 0 fully saturated rings. The molecule has 1 amide bonds. The van der Waals surface area contributed by atoms with Gasteiger partial charge < -0.3 is 15.0 Å². The minimum Gasteiger partial charge on any atom is -0.497 e. The third kappa shape index (κ3) is 4.19. The quantitative estimate of drug-likeness (QED) is 0.263. The molecule has 0 radical (unpaired) electrons. The van der Waals surface area contributed by atoms with E-state index < -0.39 is 5.91 Å². The first kappa shape index (κ1) is 22.5. The van der Waals surface area contributed by atoms with E-state index in [9.17, 15) is 15.3 Å². The average molecular weight is 479 g/mol. The van der Waals surface area contributed by atoms with Gasteiger partial charge in [-0.25, -0.2) is 0 Å². The molecule has 1 aliphatic carbocycles. The molecule has 1 aliphatic rings. The maximum absolute atomic E-state index is 13.2. The summed E-state index contributed by atoms with van der Waals surface area (Å²) in [6.45, 7) is 0. The number of aromatic amines is 1. The van der Waals surface area contributed by atoms with E-state index in [-0.39, 0.29) is 5.57 Å². The summed E-state index contributed by atoms with van der Waals surface area (Å²) in [7, 11) is 1.60. The van der Waals surface area contributed by atoms with Crippen LogP contribution in [0.5, 0.6) is 5.75 Å². The Morgan fingerprint density at radius 2 is 1.94 bits per heavy atom. The lowest BCUT2D eigenvalue weighted by Gasteiger charge is -2.09. The van der Waals surface area contributed by atoms with Gasteiger partial charge in [-0.1, -0.05) is 30.3 Å². The number of carbonyl (C=O) groups is 1. The first-order valence-electron chi connectivity index (χ1n) is 11.4. The van der Waals surface area contributed by atoms with Gasteiger partial charge in [0.15, 0.2) is 0 Å². The summed E-state index contributed by atoms with van der Waals surface area (Å²) in [5.41, 5.74) is 4.85. The van der Waals surface area contributed by atoms with Gasteiger partial charge in [-0.2, -0.15) is 10.5 Å². The van der Waals surface area contributed by atoms with Gasteiger partial charge in [-0.15, -0.1) is 11.3 Å². The van der Waals surface area contributed by atoms with Crippen molar-refractivity contribution in [3.8, 4) is 29.1 Å². The van der Waals surface area contributed by atoms with Gasteiger partial charge >= 0.3 is 0 Å². The zero-order valence-corrected chi connectivity index (χ0v) is 20.0. The molecule has 172 valence electrons. The van der Waals surface area contributed by atoms with E-state index in [0.717, 1.165) is 63.8 Å². The van der Waals surface area contributed by atoms with Crippen molar-refractivity contribution in [2.75, 3.05) is 12.4 Å². The fourth-order valence-electron chi connectivity index (χ4n) is 4.54. The van der Waals surface area contributed by atoms with E-state index in [1.54, 1.807) is 13.2 Å². The summed E-state index contributed by atoms with van der Waals surface area (Å²) in [4.78, 5) is 17.8. The summed E-state index contributed by atoms with van der Waals surface area (Å²) in [5.74, 6) is 0.149. The number of aryl methyl sites for hydroxylation is 1. The highest BCUT2D eigenvalue weighted by molar-refractivity contribution is 7.16. The maximum Gasteiger partial charge on any atom is 0.266 e. The Bertz CT molecular complexity index is 1550. The van der Waals surface area contributed by atoms with Crippen LogP contribution in [0.1, 0.15) is 34.4 Å². The molecule has 0 unspecified atom stereocenters. The topological polar surface area (TPSA) is 102 Å². The molecule has 7 heteroatoms. The van der Waals surface area contributed by atoms with Crippen molar-refractivity contribution < 1.29 is 9.53 Å². The Hall–Kier alpha value is -4.33. The van der Waals surface area contributed by atoms with Gasteiger partial charge in [-0.05, 0) is 61.1 Å². The molecular formula is C28H22N4O2S. The van der Waals surface area contributed by atoms with Gasteiger partial charge in [0.25, 0.3) is 5.91 Å². The molecule has 0 spiro atoms. The molecule has 0 atom stereocenters. The van der Waals surface area contributed by atoms with E-state index in [0.29, 0.717) is 16.3 Å². The summed E-state index contributed by atoms with van der Waals surface area (Å²) in [6.07, 6.45) is 5.50. The fourth-order valence-corrected chi connectivity index (χ4v) is 5.77. The van der Waals surface area contributed by atoms with Crippen LogP contribution in [-0.2, 0) is 17.6 Å². The minimum atomic E-state index is -0.529. The first-order chi connectivity index (χ1) is 17.1. The van der Waals surface area contributed by atoms with E-state index in [2.05, 4.69) is 22.4 Å². The highest BCUT2D eigenvalue weighted by Crippen LogP contribution is 2.38. The summed E-state index contributed by atoms with van der Waals surface area (Å²) in [6, 6.07) is 19.7. The van der Waals surface area contributed by atoms with Crippen molar-refractivity contribution in [2.45, 2.75) is 25.7 Å². The monoisotopic (exact) mass is 478 g/mol. The van der Waals surface area contributed by atoms with E-state index >= 15 is 0 Å². The molecule has 2 N–H and O–H groups in total. The second-order valence-corrected chi connectivity index (χ2v) is 9.45. The number of nitrogens with one attached hydrogen (secondary N) is 2. The number of thiophene rings is 1. The Balaban J connectivity index is 1.58. The zero-order valence-electron chi connectivity index (χ0n) is 19.1. The van der Waals surface area contributed by atoms with Crippen molar-refractivity contribution in [1.29, 1.82) is 10.5 Å². The van der Waals surface area contributed by atoms with Crippen molar-refractivity contribution in [3.63, 3.8) is 0 Å². The van der Waals surface area contributed by atoms with Crippen molar-refractivity contribution in [1.82, 2.24) is 4.98 Å². The lowest BCUT2D eigenvalue weighted by atomic mass is 9.96. The number of hydrogen-bond donors (Lipinski definition) is 2. The number of nitriles is 2. The number of fused-ring (bicyclic) bond motifs is 2. The lowest BCUT2D eigenvalue weighted by molar-refractivity contribution is -0.112. The number of carbonyl (C=O) groups excluding carboxylic acids is 1. The number of rotatable bonds is 5. The van der Waals surface area contributed by atoms with Crippen LogP contribution in [0.4, 0.5) is 5.00 Å². The molecule has 5 rings (SSSR count). The van der Waals surface area contributed by atoms with Crippen LogP contribution in [0.3, 0.4) is 0 Å². The Labute approximate surface area is 207 Å². The van der Waals surface area contributed by atoms with Crippen LogP contribution in [-0.4, -0.2) is 18.0 Å². The van der Waals surface area contributed by atoms with E-state index in [1.165, 1.54) is 11.3 Å². The number of nitrogens with zero attached hydrogens (tertiary/aromatic N) is 2. The molecular weight excluding hydrogens is 456 g/mol. The van der Waals surface area contributed by atoms with Gasteiger partial charge in [0.05, 0.1) is 18.4 Å². The average Bonchev–Trinajstić information content (AvgIpc) is 3.44. The predicted octanol–water partition coefficient (Wildman–Crippen LogP) is 6.20. The van der Waals surface area contributed by atoms with Gasteiger partial charge in [0.1, 0.15) is 28.5 Å². The molecule has 0 saturated carbocycles. The number of anilines is 1. The molecule has 4 aromatic rings. The van der Waals surface area contributed by atoms with Crippen molar-refractivity contribution in [2.24, 2.45) is 0 Å². The predicted molar refractivity (Wildman–Crippen MR) is 138 cm³/mol. The standard InChI is InChI=1S/C28H22N4O2S/c1-34-19-11-12-24-21(14-19)22(26(31-24)17-7-3-2-4-8-17)13-18(15-29)27(33)32-28-23(16-30)20-9-5-6-10-25(20)35-28/h2-4,7-8,11-14,31H,5-6,9-10H2,1H3,(H,32,33)/b18-13+. The first-order valence-corrected chi connectivity index (χ1v) is 12.2. The van der Waals surface area contributed by atoms with Crippen LogP contribution in [0.2, 0.25) is 0 Å². The largest absolute Gasteiger partial charge is 0.497 e. The summed E-state index contributed by atoms with van der Waals surface area (Å²) in [5, 5.41) is 23.8. The summed E-state index contributed by atoms with van der Waals surface area (Å²) >= 11 is 1.44. The molecule has 2 heterocycles. The molecule has 0 saturated heterocycles. The fraction of sp³-hybridized carbons (Fsp3) is 0.179. The van der Waals surface area contributed by atoms with E-state index in [1.807, 2.05) is 48.5 Å². The number of benzene rings is 2. The molecule has 2 aromatic carbocycles. The molecule has 0 bridgehead atoms. The third-order valence-corrected chi connectivity index (χ3v) is 7.48. The SMILES string of the molecule is COc1ccc2[nH]c(-c3ccccc3)c(/C=C(\C#N)C(=O)Nc3sc4c(c3C#N)CCCC4)c2c1. The number of aromatic nitrogens is 1. The summed E-state index contributed by atoms with van der Waals surface area (Å²) < 4.78 is 5.41. The van der Waals surface area contributed by atoms with Gasteiger partial charge in [0.2, 0.25) is 0 Å². The van der Waals surface area contributed by atoms with Crippen molar-refractivity contribution in [3.05, 3.63) is 75.7 Å². The van der Waals surface area contributed by atoms with Gasteiger partial charge in [-0.3, -0.25) is 4.79 Å². The van der Waals surface area contributed by atoms with Gasteiger partial charge in [0, 0.05) is 21.3 Å². The highest BCUT2D eigenvalue weighted by Gasteiger charge is 2.23. The number of H-pyrrole nitrogens is 1. The minimum absolute atomic E-state index is 0.0406. The Morgan fingerprint density at radius 3 is 2.69 bits per heavy atom. The number of hydrogen-bond acceptors (Lipinski definition) is 5. The Kier molecular flexibility index (Phi) is 6.10.